The predicted octanol–water partition coefficient (Wildman–Crippen LogP) is 0.561. The smallest absolute Gasteiger partial charge is 0.324 e. The van der Waals surface area contributed by atoms with Crippen molar-refractivity contribution in [3.8, 4) is 0 Å². The Morgan fingerprint density at radius 1 is 1.21 bits per heavy atom. The van der Waals surface area contributed by atoms with Crippen LogP contribution in [0, 0.1) is 0 Å². The molecule has 2 aliphatic heterocycles. The van der Waals surface area contributed by atoms with Crippen LogP contribution < -0.4 is 10.6 Å². The number of benzene rings is 1. The highest BCUT2D eigenvalue weighted by molar-refractivity contribution is 6.02. The van der Waals surface area contributed by atoms with Crippen LogP contribution >= 0.6 is 0 Å². The summed E-state index contributed by atoms with van der Waals surface area (Å²) in [7, 11) is 0. The minimum atomic E-state index is -0.388. The van der Waals surface area contributed by atoms with Crippen LogP contribution in [0.15, 0.2) is 24.3 Å². The highest BCUT2D eigenvalue weighted by Crippen LogP contribution is 2.14. The van der Waals surface area contributed by atoms with Crippen LogP contribution in [0.3, 0.4) is 0 Å². The van der Waals surface area contributed by atoms with Crippen LogP contribution in [0.5, 0.6) is 0 Å². The first-order valence-corrected chi connectivity index (χ1v) is 8.16. The molecule has 0 aliphatic carbocycles. The number of carbonyl (C=O) groups excluding carboxylic acids is 3. The molecule has 2 heterocycles. The van der Waals surface area contributed by atoms with Crippen molar-refractivity contribution in [2.75, 3.05) is 19.6 Å². The van der Waals surface area contributed by atoms with Crippen molar-refractivity contribution < 1.29 is 14.4 Å². The van der Waals surface area contributed by atoms with E-state index in [0.717, 1.165) is 5.56 Å². The minimum absolute atomic E-state index is 0.0192. The van der Waals surface area contributed by atoms with E-state index in [0.29, 0.717) is 18.7 Å². The van der Waals surface area contributed by atoms with Gasteiger partial charge in [-0.1, -0.05) is 12.1 Å². The molecule has 3 rings (SSSR count). The second-order valence-electron chi connectivity index (χ2n) is 6.52. The fourth-order valence-electron chi connectivity index (χ4n) is 3.28. The van der Waals surface area contributed by atoms with Crippen LogP contribution in [-0.4, -0.2) is 59.4 Å². The van der Waals surface area contributed by atoms with Gasteiger partial charge in [-0.25, -0.2) is 4.79 Å². The number of piperazine rings is 1. The molecule has 7 nitrogen and oxygen atoms in total. The zero-order valence-corrected chi connectivity index (χ0v) is 13.9. The number of amides is 4. The molecule has 0 aromatic heterocycles. The lowest BCUT2D eigenvalue weighted by Crippen LogP contribution is -2.55. The van der Waals surface area contributed by atoms with E-state index in [1.165, 1.54) is 4.90 Å². The van der Waals surface area contributed by atoms with E-state index in [-0.39, 0.29) is 43.0 Å². The third-order valence-corrected chi connectivity index (χ3v) is 4.30. The first kappa shape index (κ1) is 16.4. The first-order chi connectivity index (χ1) is 11.4. The number of hydrogen-bond donors (Lipinski definition) is 2. The highest BCUT2D eigenvalue weighted by atomic mass is 16.2. The molecule has 2 N–H and O–H groups in total. The van der Waals surface area contributed by atoms with Crippen LogP contribution in [0.4, 0.5) is 4.79 Å². The molecule has 24 heavy (non-hydrogen) atoms. The molecule has 7 heteroatoms. The van der Waals surface area contributed by atoms with Crippen LogP contribution in [-0.2, 0) is 11.3 Å². The lowest BCUT2D eigenvalue weighted by Gasteiger charge is -2.36. The zero-order valence-electron chi connectivity index (χ0n) is 13.9. The van der Waals surface area contributed by atoms with Gasteiger partial charge in [0.2, 0.25) is 5.91 Å². The normalized spacial score (nSPS) is 24.2. The maximum Gasteiger partial charge on any atom is 0.324 e. The number of rotatable bonds is 3. The summed E-state index contributed by atoms with van der Waals surface area (Å²) in [6, 6.07) is 7.27. The van der Waals surface area contributed by atoms with Crippen molar-refractivity contribution in [1.82, 2.24) is 20.4 Å². The summed E-state index contributed by atoms with van der Waals surface area (Å²) in [4.78, 5) is 39.1. The second kappa shape index (κ2) is 6.60. The molecule has 4 amide bonds. The Kier molecular flexibility index (Phi) is 4.53. The maximum absolute atomic E-state index is 12.7. The summed E-state index contributed by atoms with van der Waals surface area (Å²) in [5, 5.41) is 5.90. The van der Waals surface area contributed by atoms with Crippen molar-refractivity contribution >= 4 is 17.8 Å². The lowest BCUT2D eigenvalue weighted by atomic mass is 10.1. The van der Waals surface area contributed by atoms with E-state index in [4.69, 9.17) is 0 Å². The van der Waals surface area contributed by atoms with Gasteiger partial charge in [0, 0.05) is 30.7 Å². The average molecular weight is 330 g/mol. The Labute approximate surface area is 141 Å². The monoisotopic (exact) mass is 330 g/mol. The summed E-state index contributed by atoms with van der Waals surface area (Å²) in [5.74, 6) is -0.268. The standard InChI is InChI=1S/C17H22N4O3/c1-11-8-20(9-12(2)19-11)16(23)14-5-3-4-13(6-14)10-21-15(22)7-18-17(21)24/h3-6,11-12,19H,7-10H2,1-2H3,(H,18,24)/t11-,12+. The molecule has 0 saturated carbocycles. The third kappa shape index (κ3) is 3.41. The van der Waals surface area contributed by atoms with E-state index >= 15 is 0 Å². The van der Waals surface area contributed by atoms with Crippen molar-refractivity contribution in [3.63, 3.8) is 0 Å². The lowest BCUT2D eigenvalue weighted by molar-refractivity contribution is -0.125. The topological polar surface area (TPSA) is 81.8 Å². The van der Waals surface area contributed by atoms with Crippen molar-refractivity contribution in [1.29, 1.82) is 0 Å². The third-order valence-electron chi connectivity index (χ3n) is 4.30. The van der Waals surface area contributed by atoms with Crippen LogP contribution in [0.1, 0.15) is 29.8 Å². The number of urea groups is 1. The fourth-order valence-corrected chi connectivity index (χ4v) is 3.28. The quantitative estimate of drug-likeness (QED) is 0.794. The summed E-state index contributed by atoms with van der Waals surface area (Å²) in [6.07, 6.45) is 0. The fraction of sp³-hybridized carbons (Fsp3) is 0.471. The molecule has 0 bridgehead atoms. The van der Waals surface area contributed by atoms with Gasteiger partial charge in [0.05, 0.1) is 13.1 Å². The van der Waals surface area contributed by atoms with Gasteiger partial charge in [-0.15, -0.1) is 0 Å². The Morgan fingerprint density at radius 2 is 1.92 bits per heavy atom. The Bertz CT molecular complexity index is 650. The van der Waals surface area contributed by atoms with Gasteiger partial charge >= 0.3 is 6.03 Å². The molecule has 0 unspecified atom stereocenters. The van der Waals surface area contributed by atoms with E-state index in [1.54, 1.807) is 18.2 Å². The Hall–Kier alpha value is -2.41. The molecule has 0 radical (unpaired) electrons. The Morgan fingerprint density at radius 3 is 2.54 bits per heavy atom. The summed E-state index contributed by atoms with van der Waals surface area (Å²) >= 11 is 0. The molecule has 2 atom stereocenters. The van der Waals surface area contributed by atoms with Gasteiger partial charge in [0.25, 0.3) is 5.91 Å². The molecular weight excluding hydrogens is 308 g/mol. The molecule has 1 aromatic carbocycles. The molecule has 2 aliphatic rings. The van der Waals surface area contributed by atoms with Gasteiger partial charge in [-0.05, 0) is 31.5 Å². The number of nitrogens with zero attached hydrogens (tertiary/aromatic N) is 2. The summed E-state index contributed by atoms with van der Waals surface area (Å²) < 4.78 is 0. The van der Waals surface area contributed by atoms with Gasteiger partial charge in [-0.3, -0.25) is 14.5 Å². The molecule has 128 valence electrons. The number of carbonyl (C=O) groups is 3. The van der Waals surface area contributed by atoms with E-state index < -0.39 is 0 Å². The van der Waals surface area contributed by atoms with Crippen molar-refractivity contribution in [3.05, 3.63) is 35.4 Å². The average Bonchev–Trinajstić information content (AvgIpc) is 2.85. The highest BCUT2D eigenvalue weighted by Gasteiger charge is 2.29. The Balaban J connectivity index is 1.74. The number of hydrogen-bond acceptors (Lipinski definition) is 4. The van der Waals surface area contributed by atoms with Crippen molar-refractivity contribution in [2.24, 2.45) is 0 Å². The van der Waals surface area contributed by atoms with Gasteiger partial charge in [0.15, 0.2) is 0 Å². The first-order valence-electron chi connectivity index (χ1n) is 8.16. The van der Waals surface area contributed by atoms with Crippen LogP contribution in [0.25, 0.3) is 0 Å². The van der Waals surface area contributed by atoms with Gasteiger partial charge < -0.3 is 15.5 Å². The van der Waals surface area contributed by atoms with E-state index in [9.17, 15) is 14.4 Å². The molecular formula is C17H22N4O3. The zero-order chi connectivity index (χ0) is 17.3. The molecule has 2 saturated heterocycles. The van der Waals surface area contributed by atoms with Crippen LogP contribution in [0.2, 0.25) is 0 Å². The van der Waals surface area contributed by atoms with Crippen molar-refractivity contribution in [2.45, 2.75) is 32.5 Å². The summed E-state index contributed by atoms with van der Waals surface area (Å²) in [5.41, 5.74) is 1.35. The molecule has 0 spiro atoms. The predicted molar refractivity (Wildman–Crippen MR) is 88.4 cm³/mol. The SMILES string of the molecule is C[C@@H]1CN(C(=O)c2cccc(CN3C(=O)CNC3=O)c2)C[C@H](C)N1. The minimum Gasteiger partial charge on any atom is -0.336 e. The summed E-state index contributed by atoms with van der Waals surface area (Å²) in [6.45, 7) is 5.67. The number of imide groups is 1. The molecule has 1 aromatic rings. The maximum atomic E-state index is 12.7. The largest absolute Gasteiger partial charge is 0.336 e. The van der Waals surface area contributed by atoms with E-state index in [2.05, 4.69) is 24.5 Å². The van der Waals surface area contributed by atoms with Gasteiger partial charge in [0.1, 0.15) is 0 Å². The van der Waals surface area contributed by atoms with E-state index in [1.807, 2.05) is 11.0 Å². The number of nitrogens with one attached hydrogen (secondary N) is 2. The second-order valence-corrected chi connectivity index (χ2v) is 6.52. The van der Waals surface area contributed by atoms with Gasteiger partial charge in [-0.2, -0.15) is 0 Å². The molecule has 2 fully saturated rings.